The normalized spacial score (nSPS) is 17.7. The number of hydrogen-bond acceptors (Lipinski definition) is 3. The van der Waals surface area contributed by atoms with Crippen molar-refractivity contribution in [1.29, 1.82) is 0 Å². The van der Waals surface area contributed by atoms with E-state index in [2.05, 4.69) is 50.5 Å². The predicted molar refractivity (Wildman–Crippen MR) is 110 cm³/mol. The van der Waals surface area contributed by atoms with Crippen LogP contribution in [0.15, 0.2) is 36.4 Å². The van der Waals surface area contributed by atoms with Gasteiger partial charge in [-0.3, -0.25) is 0 Å². The Bertz CT molecular complexity index is 833. The number of fused-ring (bicyclic) bond motifs is 1. The molecule has 0 unspecified atom stereocenters. The number of benzene rings is 2. The van der Waals surface area contributed by atoms with Gasteiger partial charge in [-0.15, -0.1) is 0 Å². The number of anilines is 1. The molecule has 1 heterocycles. The number of rotatable bonds is 3. The van der Waals surface area contributed by atoms with Crippen molar-refractivity contribution in [3.8, 4) is 11.5 Å². The summed E-state index contributed by atoms with van der Waals surface area (Å²) >= 11 is 5.56. The van der Waals surface area contributed by atoms with Gasteiger partial charge in [0.05, 0.1) is 13.2 Å². The van der Waals surface area contributed by atoms with Crippen LogP contribution in [-0.4, -0.2) is 17.8 Å². The molecule has 4 nitrogen and oxygen atoms in total. The zero-order valence-electron chi connectivity index (χ0n) is 16.0. The first-order valence-corrected chi connectivity index (χ1v) is 9.20. The Labute approximate surface area is 160 Å². The molecule has 138 valence electrons. The molecule has 1 aliphatic heterocycles. The second-order valence-electron chi connectivity index (χ2n) is 7.42. The highest BCUT2D eigenvalue weighted by atomic mass is 32.1. The molecule has 0 saturated heterocycles. The number of hydrogen-bond donors (Lipinski definition) is 2. The van der Waals surface area contributed by atoms with Crippen LogP contribution in [0.25, 0.3) is 0 Å². The molecule has 2 aromatic carbocycles. The molecule has 0 spiro atoms. The van der Waals surface area contributed by atoms with Crippen LogP contribution in [0.5, 0.6) is 11.5 Å². The lowest BCUT2D eigenvalue weighted by Crippen LogP contribution is -2.42. The Morgan fingerprint density at radius 3 is 2.62 bits per heavy atom. The maximum absolute atomic E-state index is 6.12. The standard InChI is InChI=1S/C21H26N2O2S/c1-13-6-7-15(10-14(13)2)22-20(26)23-18-12-21(3,4)25-19-9-8-16(24-5)11-17(18)19/h6-11,18H,12H2,1-5H3,(H2,22,23,26)/t18-/m0/s1. The Balaban J connectivity index is 1.79. The minimum Gasteiger partial charge on any atom is -0.497 e. The highest BCUT2D eigenvalue weighted by Crippen LogP contribution is 2.41. The van der Waals surface area contributed by atoms with Gasteiger partial charge in [0.2, 0.25) is 0 Å². The molecule has 0 amide bonds. The second kappa shape index (κ2) is 7.16. The van der Waals surface area contributed by atoms with E-state index in [1.807, 2.05) is 24.3 Å². The van der Waals surface area contributed by atoms with Gasteiger partial charge in [0.15, 0.2) is 5.11 Å². The van der Waals surface area contributed by atoms with E-state index >= 15 is 0 Å². The van der Waals surface area contributed by atoms with Gasteiger partial charge in [0.25, 0.3) is 0 Å². The van der Waals surface area contributed by atoms with Crippen LogP contribution in [0.2, 0.25) is 0 Å². The van der Waals surface area contributed by atoms with Crippen LogP contribution >= 0.6 is 12.2 Å². The Kier molecular flexibility index (Phi) is 5.10. The van der Waals surface area contributed by atoms with Gasteiger partial charge in [0, 0.05) is 17.7 Å². The van der Waals surface area contributed by atoms with E-state index in [4.69, 9.17) is 21.7 Å². The van der Waals surface area contributed by atoms with Crippen LogP contribution in [-0.2, 0) is 0 Å². The molecule has 0 fully saturated rings. The molecule has 1 aliphatic rings. The first-order valence-electron chi connectivity index (χ1n) is 8.79. The third-order valence-corrected chi connectivity index (χ3v) is 4.96. The molecule has 1 atom stereocenters. The van der Waals surface area contributed by atoms with E-state index < -0.39 is 0 Å². The summed E-state index contributed by atoms with van der Waals surface area (Å²) in [6, 6.07) is 12.2. The molecule has 26 heavy (non-hydrogen) atoms. The van der Waals surface area contributed by atoms with Crippen molar-refractivity contribution in [3.63, 3.8) is 0 Å². The van der Waals surface area contributed by atoms with Crippen molar-refractivity contribution in [1.82, 2.24) is 5.32 Å². The summed E-state index contributed by atoms with van der Waals surface area (Å²) in [5.74, 6) is 1.68. The summed E-state index contributed by atoms with van der Waals surface area (Å²) in [5, 5.41) is 7.34. The van der Waals surface area contributed by atoms with E-state index in [0.29, 0.717) is 5.11 Å². The molecular weight excluding hydrogens is 344 g/mol. The van der Waals surface area contributed by atoms with Crippen LogP contribution in [0, 0.1) is 13.8 Å². The lowest BCUT2D eigenvalue weighted by atomic mass is 9.89. The molecule has 5 heteroatoms. The minimum atomic E-state index is -0.269. The number of ether oxygens (including phenoxy) is 2. The summed E-state index contributed by atoms with van der Waals surface area (Å²) in [5.41, 5.74) is 4.28. The lowest BCUT2D eigenvalue weighted by Gasteiger charge is -2.38. The maximum atomic E-state index is 6.12. The SMILES string of the molecule is COc1ccc2c(c1)[C@@H](NC(=S)Nc1ccc(C)c(C)c1)CC(C)(C)O2. The number of thiocarbonyl (C=S) groups is 1. The Morgan fingerprint density at radius 1 is 1.15 bits per heavy atom. The fourth-order valence-corrected chi connectivity index (χ4v) is 3.49. The summed E-state index contributed by atoms with van der Waals surface area (Å²) in [7, 11) is 1.67. The highest BCUT2D eigenvalue weighted by Gasteiger charge is 2.34. The molecule has 0 aliphatic carbocycles. The summed E-state index contributed by atoms with van der Waals surface area (Å²) < 4.78 is 11.5. The molecule has 2 aromatic rings. The van der Waals surface area contributed by atoms with Crippen molar-refractivity contribution < 1.29 is 9.47 Å². The summed E-state index contributed by atoms with van der Waals surface area (Å²) in [4.78, 5) is 0. The first kappa shape index (κ1) is 18.5. The average molecular weight is 371 g/mol. The first-order chi connectivity index (χ1) is 12.3. The number of aryl methyl sites for hydroxylation is 2. The van der Waals surface area contributed by atoms with E-state index in [1.165, 1.54) is 11.1 Å². The van der Waals surface area contributed by atoms with E-state index in [1.54, 1.807) is 7.11 Å². The molecule has 0 radical (unpaired) electrons. The number of nitrogens with one attached hydrogen (secondary N) is 2. The van der Waals surface area contributed by atoms with Gasteiger partial charge < -0.3 is 20.1 Å². The largest absolute Gasteiger partial charge is 0.497 e. The van der Waals surface area contributed by atoms with E-state index in [0.717, 1.165) is 29.2 Å². The Hall–Kier alpha value is -2.27. The van der Waals surface area contributed by atoms with Crippen LogP contribution in [0.4, 0.5) is 5.69 Å². The Morgan fingerprint density at radius 2 is 1.92 bits per heavy atom. The third kappa shape index (κ3) is 4.10. The van der Waals surface area contributed by atoms with Crippen molar-refractivity contribution in [2.45, 2.75) is 45.8 Å². The van der Waals surface area contributed by atoms with Gasteiger partial charge in [-0.05, 0) is 81.4 Å². The fourth-order valence-electron chi connectivity index (χ4n) is 3.23. The summed E-state index contributed by atoms with van der Waals surface area (Å²) in [6.07, 6.45) is 0.807. The van der Waals surface area contributed by atoms with Crippen molar-refractivity contribution in [2.75, 3.05) is 12.4 Å². The summed E-state index contributed by atoms with van der Waals surface area (Å²) in [6.45, 7) is 8.38. The molecule has 0 aromatic heterocycles. The zero-order chi connectivity index (χ0) is 18.9. The second-order valence-corrected chi connectivity index (χ2v) is 7.83. The quantitative estimate of drug-likeness (QED) is 0.752. The van der Waals surface area contributed by atoms with Crippen LogP contribution < -0.4 is 20.1 Å². The maximum Gasteiger partial charge on any atom is 0.171 e. The predicted octanol–water partition coefficient (Wildman–Crippen LogP) is 4.90. The van der Waals surface area contributed by atoms with Crippen molar-refractivity contribution in [2.24, 2.45) is 0 Å². The monoisotopic (exact) mass is 370 g/mol. The van der Waals surface area contributed by atoms with Gasteiger partial charge in [-0.25, -0.2) is 0 Å². The average Bonchev–Trinajstić information content (AvgIpc) is 2.57. The smallest absolute Gasteiger partial charge is 0.171 e. The van der Waals surface area contributed by atoms with Crippen LogP contribution in [0.1, 0.15) is 43.0 Å². The van der Waals surface area contributed by atoms with Gasteiger partial charge in [0.1, 0.15) is 17.1 Å². The van der Waals surface area contributed by atoms with Crippen LogP contribution in [0.3, 0.4) is 0 Å². The zero-order valence-corrected chi connectivity index (χ0v) is 16.8. The van der Waals surface area contributed by atoms with Gasteiger partial charge >= 0.3 is 0 Å². The van der Waals surface area contributed by atoms with Gasteiger partial charge in [-0.1, -0.05) is 6.07 Å². The molecule has 0 bridgehead atoms. The lowest BCUT2D eigenvalue weighted by molar-refractivity contribution is 0.0695. The highest BCUT2D eigenvalue weighted by molar-refractivity contribution is 7.80. The molecule has 3 rings (SSSR count). The molecular formula is C21H26N2O2S. The third-order valence-electron chi connectivity index (χ3n) is 4.74. The van der Waals surface area contributed by atoms with E-state index in [9.17, 15) is 0 Å². The minimum absolute atomic E-state index is 0.0513. The molecule has 0 saturated carbocycles. The van der Waals surface area contributed by atoms with Crippen molar-refractivity contribution in [3.05, 3.63) is 53.1 Å². The molecule has 2 N–H and O–H groups in total. The number of methoxy groups -OCH3 is 1. The van der Waals surface area contributed by atoms with Crippen molar-refractivity contribution >= 4 is 23.0 Å². The fraction of sp³-hybridized carbons (Fsp3) is 0.381. The van der Waals surface area contributed by atoms with Gasteiger partial charge in [-0.2, -0.15) is 0 Å². The topological polar surface area (TPSA) is 42.5 Å². The van der Waals surface area contributed by atoms with E-state index in [-0.39, 0.29) is 11.6 Å².